The van der Waals surface area contributed by atoms with Gasteiger partial charge in [-0.25, -0.2) is 4.98 Å². The molecule has 18 heavy (non-hydrogen) atoms. The molecule has 3 N–H and O–H groups in total. The Morgan fingerprint density at radius 2 is 2.06 bits per heavy atom. The number of nitrogens with zero attached hydrogens (tertiary/aromatic N) is 1. The summed E-state index contributed by atoms with van der Waals surface area (Å²) in [5.41, 5.74) is 7.29. The van der Waals surface area contributed by atoms with Gasteiger partial charge in [0.05, 0.1) is 16.9 Å². The van der Waals surface area contributed by atoms with Crippen LogP contribution in [-0.2, 0) is 6.42 Å². The fourth-order valence-electron chi connectivity index (χ4n) is 1.77. The summed E-state index contributed by atoms with van der Waals surface area (Å²) in [6, 6.07) is 5.44. The van der Waals surface area contributed by atoms with Crippen molar-refractivity contribution in [2.75, 3.05) is 6.54 Å². The minimum atomic E-state index is 0.625. The molecule has 1 heterocycles. The SMILES string of the molecule is NCCCCc1ncc(-c2ccc(Cl)cc2Cl)[nH]1. The maximum absolute atomic E-state index is 6.15. The Labute approximate surface area is 116 Å². The molecular weight excluding hydrogens is 269 g/mol. The lowest BCUT2D eigenvalue weighted by Gasteiger charge is -2.01. The van der Waals surface area contributed by atoms with E-state index in [0.717, 1.165) is 42.9 Å². The monoisotopic (exact) mass is 283 g/mol. The van der Waals surface area contributed by atoms with Crippen LogP contribution in [0.5, 0.6) is 0 Å². The number of imidazole rings is 1. The fraction of sp³-hybridized carbons (Fsp3) is 0.308. The van der Waals surface area contributed by atoms with Gasteiger partial charge in [0, 0.05) is 17.0 Å². The number of aryl methyl sites for hydroxylation is 1. The molecule has 0 saturated carbocycles. The van der Waals surface area contributed by atoms with Gasteiger partial charge in [-0.2, -0.15) is 0 Å². The van der Waals surface area contributed by atoms with Gasteiger partial charge in [0.25, 0.3) is 0 Å². The van der Waals surface area contributed by atoms with Crippen LogP contribution in [-0.4, -0.2) is 16.5 Å². The summed E-state index contributed by atoms with van der Waals surface area (Å²) in [5, 5.41) is 1.26. The summed E-state index contributed by atoms with van der Waals surface area (Å²) < 4.78 is 0. The molecular formula is C13H15Cl2N3. The highest BCUT2D eigenvalue weighted by atomic mass is 35.5. The first kappa shape index (κ1) is 13.4. The highest BCUT2D eigenvalue weighted by Gasteiger charge is 2.07. The molecule has 5 heteroatoms. The van der Waals surface area contributed by atoms with Crippen LogP contribution in [0.3, 0.4) is 0 Å². The van der Waals surface area contributed by atoms with Crippen LogP contribution in [0.15, 0.2) is 24.4 Å². The van der Waals surface area contributed by atoms with Gasteiger partial charge in [-0.15, -0.1) is 0 Å². The van der Waals surface area contributed by atoms with Crippen molar-refractivity contribution in [1.29, 1.82) is 0 Å². The van der Waals surface area contributed by atoms with Gasteiger partial charge in [0.15, 0.2) is 0 Å². The lowest BCUT2D eigenvalue weighted by atomic mass is 10.2. The first-order chi connectivity index (χ1) is 8.70. The van der Waals surface area contributed by atoms with E-state index >= 15 is 0 Å². The van der Waals surface area contributed by atoms with Crippen molar-refractivity contribution in [2.24, 2.45) is 5.73 Å². The average Bonchev–Trinajstić information content (AvgIpc) is 2.78. The van der Waals surface area contributed by atoms with E-state index < -0.39 is 0 Å². The molecule has 1 aromatic heterocycles. The molecule has 0 fully saturated rings. The molecule has 96 valence electrons. The molecule has 1 aromatic carbocycles. The van der Waals surface area contributed by atoms with Crippen molar-refractivity contribution in [3.8, 4) is 11.3 Å². The van der Waals surface area contributed by atoms with Gasteiger partial charge < -0.3 is 10.7 Å². The van der Waals surface area contributed by atoms with Crippen molar-refractivity contribution in [1.82, 2.24) is 9.97 Å². The molecule has 2 rings (SSSR count). The first-order valence-corrected chi connectivity index (χ1v) is 6.65. The van der Waals surface area contributed by atoms with E-state index in [0.29, 0.717) is 10.0 Å². The predicted molar refractivity (Wildman–Crippen MR) is 76.0 cm³/mol. The van der Waals surface area contributed by atoms with Crippen molar-refractivity contribution < 1.29 is 0 Å². The summed E-state index contributed by atoms with van der Waals surface area (Å²) in [7, 11) is 0. The number of benzene rings is 1. The molecule has 0 bridgehead atoms. The number of H-pyrrole nitrogens is 1. The first-order valence-electron chi connectivity index (χ1n) is 5.90. The van der Waals surface area contributed by atoms with Crippen LogP contribution in [0.25, 0.3) is 11.3 Å². The third kappa shape index (κ3) is 3.25. The fourth-order valence-corrected chi connectivity index (χ4v) is 2.28. The molecule has 0 aliphatic rings. The zero-order valence-electron chi connectivity index (χ0n) is 9.92. The zero-order valence-corrected chi connectivity index (χ0v) is 11.4. The number of rotatable bonds is 5. The van der Waals surface area contributed by atoms with Gasteiger partial charge in [-0.1, -0.05) is 23.2 Å². The van der Waals surface area contributed by atoms with Crippen LogP contribution in [0, 0.1) is 0 Å². The second kappa shape index (κ2) is 6.23. The summed E-state index contributed by atoms with van der Waals surface area (Å²) in [4.78, 5) is 7.61. The van der Waals surface area contributed by atoms with E-state index in [9.17, 15) is 0 Å². The Kier molecular flexibility index (Phi) is 4.64. The van der Waals surface area contributed by atoms with Crippen molar-refractivity contribution in [3.05, 3.63) is 40.3 Å². The van der Waals surface area contributed by atoms with Gasteiger partial charge in [-0.3, -0.25) is 0 Å². The number of nitrogens with two attached hydrogens (primary N) is 1. The van der Waals surface area contributed by atoms with Crippen molar-refractivity contribution in [3.63, 3.8) is 0 Å². The smallest absolute Gasteiger partial charge is 0.106 e. The maximum atomic E-state index is 6.15. The Balaban J connectivity index is 2.13. The number of aromatic amines is 1. The van der Waals surface area contributed by atoms with Gasteiger partial charge in [0.2, 0.25) is 0 Å². The highest BCUT2D eigenvalue weighted by molar-refractivity contribution is 6.36. The van der Waals surface area contributed by atoms with Gasteiger partial charge >= 0.3 is 0 Å². The standard InChI is InChI=1S/C13H15Cl2N3/c14-9-4-5-10(11(15)7-9)12-8-17-13(18-12)3-1-2-6-16/h4-5,7-8H,1-3,6,16H2,(H,17,18). The van der Waals surface area contributed by atoms with E-state index in [1.165, 1.54) is 0 Å². The molecule has 0 atom stereocenters. The molecule has 0 radical (unpaired) electrons. The summed E-state index contributed by atoms with van der Waals surface area (Å²) in [6.45, 7) is 0.719. The van der Waals surface area contributed by atoms with E-state index in [1.807, 2.05) is 12.1 Å². The summed E-state index contributed by atoms with van der Waals surface area (Å²) in [5.74, 6) is 0.962. The van der Waals surface area contributed by atoms with E-state index in [-0.39, 0.29) is 0 Å². The Morgan fingerprint density at radius 1 is 1.22 bits per heavy atom. The van der Waals surface area contributed by atoms with Crippen molar-refractivity contribution >= 4 is 23.2 Å². The van der Waals surface area contributed by atoms with Gasteiger partial charge in [-0.05, 0) is 37.6 Å². The van der Waals surface area contributed by atoms with Crippen LogP contribution in [0.1, 0.15) is 18.7 Å². The molecule has 0 aliphatic carbocycles. The molecule has 0 aliphatic heterocycles. The molecule has 2 aromatic rings. The van der Waals surface area contributed by atoms with E-state index in [4.69, 9.17) is 28.9 Å². The van der Waals surface area contributed by atoms with Crippen LogP contribution in [0.4, 0.5) is 0 Å². The maximum Gasteiger partial charge on any atom is 0.106 e. The minimum Gasteiger partial charge on any atom is -0.342 e. The Bertz CT molecular complexity index is 523. The average molecular weight is 284 g/mol. The molecule has 0 unspecified atom stereocenters. The Hall–Kier alpha value is -1.03. The quantitative estimate of drug-likeness (QED) is 0.823. The third-order valence-electron chi connectivity index (χ3n) is 2.72. The number of hydrogen-bond acceptors (Lipinski definition) is 2. The van der Waals surface area contributed by atoms with Crippen LogP contribution in [0.2, 0.25) is 10.0 Å². The zero-order chi connectivity index (χ0) is 13.0. The second-order valence-electron chi connectivity index (χ2n) is 4.11. The number of halogens is 2. The minimum absolute atomic E-state index is 0.625. The van der Waals surface area contributed by atoms with E-state index in [1.54, 1.807) is 12.3 Å². The number of unbranched alkanes of at least 4 members (excludes halogenated alkanes) is 1. The molecule has 0 saturated heterocycles. The van der Waals surface area contributed by atoms with E-state index in [2.05, 4.69) is 9.97 Å². The topological polar surface area (TPSA) is 54.7 Å². The summed E-state index contributed by atoms with van der Waals surface area (Å²) >= 11 is 12.0. The Morgan fingerprint density at radius 3 is 2.78 bits per heavy atom. The third-order valence-corrected chi connectivity index (χ3v) is 3.27. The molecule has 0 amide bonds. The second-order valence-corrected chi connectivity index (χ2v) is 4.96. The normalized spacial score (nSPS) is 10.8. The van der Waals surface area contributed by atoms with Crippen LogP contribution >= 0.6 is 23.2 Å². The van der Waals surface area contributed by atoms with Gasteiger partial charge in [0.1, 0.15) is 5.82 Å². The highest BCUT2D eigenvalue weighted by Crippen LogP contribution is 2.29. The van der Waals surface area contributed by atoms with Crippen molar-refractivity contribution in [2.45, 2.75) is 19.3 Å². The number of hydrogen-bond donors (Lipinski definition) is 2. The molecule has 3 nitrogen and oxygen atoms in total. The number of aromatic nitrogens is 2. The van der Waals surface area contributed by atoms with Crippen LogP contribution < -0.4 is 5.73 Å². The number of nitrogens with one attached hydrogen (secondary N) is 1. The largest absolute Gasteiger partial charge is 0.342 e. The lowest BCUT2D eigenvalue weighted by Crippen LogP contribution is -1.99. The lowest BCUT2D eigenvalue weighted by molar-refractivity contribution is 0.723. The summed E-state index contributed by atoms with van der Waals surface area (Å²) in [6.07, 6.45) is 4.75. The predicted octanol–water partition coefficient (Wildman–Crippen LogP) is 3.66. The molecule has 0 spiro atoms.